The summed E-state index contributed by atoms with van der Waals surface area (Å²) in [5, 5.41) is -0.706. The summed E-state index contributed by atoms with van der Waals surface area (Å²) < 4.78 is 23.7. The molecule has 0 aliphatic carbocycles. The van der Waals surface area contributed by atoms with Crippen LogP contribution in [0.3, 0.4) is 0 Å². The van der Waals surface area contributed by atoms with E-state index in [1.54, 1.807) is 11.8 Å². The number of hydrogen-bond acceptors (Lipinski definition) is 5. The van der Waals surface area contributed by atoms with Crippen LogP contribution in [0.2, 0.25) is 0 Å². The Morgan fingerprint density at radius 3 is 2.50 bits per heavy atom. The number of sulfone groups is 1. The summed E-state index contributed by atoms with van der Waals surface area (Å²) in [4.78, 5) is 14.2. The summed E-state index contributed by atoms with van der Waals surface area (Å²) >= 11 is 1.58. The summed E-state index contributed by atoms with van der Waals surface area (Å²) in [5.41, 5.74) is 5.73. The Hall–Kier alpha value is -0.270. The molecular weight excluding hydrogens is 296 g/mol. The summed E-state index contributed by atoms with van der Waals surface area (Å²) in [6.45, 7) is 6.92. The van der Waals surface area contributed by atoms with Gasteiger partial charge in [-0.2, -0.15) is 11.8 Å². The molecule has 1 fully saturated rings. The van der Waals surface area contributed by atoms with E-state index in [4.69, 9.17) is 5.73 Å². The predicted molar refractivity (Wildman–Crippen MR) is 84.3 cm³/mol. The minimum atomic E-state index is -3.26. The van der Waals surface area contributed by atoms with Gasteiger partial charge in [0.2, 0.25) is 5.91 Å². The maximum absolute atomic E-state index is 12.6. The van der Waals surface area contributed by atoms with Crippen molar-refractivity contribution in [3.63, 3.8) is 0 Å². The first-order chi connectivity index (χ1) is 9.06. The summed E-state index contributed by atoms with van der Waals surface area (Å²) in [5.74, 6) is 0.822. The molecule has 0 saturated carbocycles. The molecule has 1 aliphatic heterocycles. The molecule has 0 radical (unpaired) electrons. The van der Waals surface area contributed by atoms with Gasteiger partial charge < -0.3 is 10.6 Å². The number of nitrogens with zero attached hydrogens (tertiary/aromatic N) is 1. The van der Waals surface area contributed by atoms with Gasteiger partial charge in [-0.3, -0.25) is 4.79 Å². The van der Waals surface area contributed by atoms with Gasteiger partial charge >= 0.3 is 0 Å². The van der Waals surface area contributed by atoms with Crippen LogP contribution in [0.15, 0.2) is 0 Å². The topological polar surface area (TPSA) is 80.5 Å². The van der Waals surface area contributed by atoms with Crippen LogP contribution in [0.25, 0.3) is 0 Å². The Kier molecular flexibility index (Phi) is 5.92. The molecule has 5 nitrogen and oxygen atoms in total. The van der Waals surface area contributed by atoms with E-state index < -0.39 is 15.2 Å². The van der Waals surface area contributed by atoms with Crippen molar-refractivity contribution in [2.75, 3.05) is 30.9 Å². The number of hydrogen-bond donors (Lipinski definition) is 1. The van der Waals surface area contributed by atoms with Gasteiger partial charge in [0.05, 0.1) is 5.92 Å². The number of thioether (sulfide) groups is 1. The number of rotatable bonds is 4. The van der Waals surface area contributed by atoms with Crippen LogP contribution >= 0.6 is 11.8 Å². The SMILES string of the molecule is CC(C)(C)CC(CN)C(=O)N1CCSCC1S(C)(=O)=O. The van der Waals surface area contributed by atoms with Gasteiger partial charge in [-0.1, -0.05) is 20.8 Å². The molecular formula is C13H26N2O3S2. The summed E-state index contributed by atoms with van der Waals surface area (Å²) in [6, 6.07) is 0. The Labute approximate surface area is 126 Å². The van der Waals surface area contributed by atoms with Crippen molar-refractivity contribution in [1.29, 1.82) is 0 Å². The van der Waals surface area contributed by atoms with Crippen LogP contribution in [0, 0.1) is 11.3 Å². The fourth-order valence-electron chi connectivity index (χ4n) is 2.43. The quantitative estimate of drug-likeness (QED) is 0.833. The number of carbonyl (C=O) groups is 1. The smallest absolute Gasteiger partial charge is 0.228 e. The highest BCUT2D eigenvalue weighted by Gasteiger charge is 2.37. The molecule has 2 unspecified atom stereocenters. The molecule has 1 saturated heterocycles. The van der Waals surface area contributed by atoms with Gasteiger partial charge in [0.1, 0.15) is 5.37 Å². The lowest BCUT2D eigenvalue weighted by Gasteiger charge is -2.37. The molecule has 2 atom stereocenters. The zero-order chi connectivity index (χ0) is 15.6. The molecule has 1 heterocycles. The highest BCUT2D eigenvalue weighted by molar-refractivity contribution is 8.00. The first kappa shape index (κ1) is 17.8. The van der Waals surface area contributed by atoms with Gasteiger partial charge in [-0.15, -0.1) is 0 Å². The van der Waals surface area contributed by atoms with Crippen molar-refractivity contribution in [2.24, 2.45) is 17.1 Å². The number of carbonyl (C=O) groups excluding carboxylic acids is 1. The highest BCUT2D eigenvalue weighted by Crippen LogP contribution is 2.28. The maximum Gasteiger partial charge on any atom is 0.228 e. The van der Waals surface area contributed by atoms with Gasteiger partial charge in [-0.05, 0) is 11.8 Å². The molecule has 1 rings (SSSR count). The third-order valence-electron chi connectivity index (χ3n) is 3.35. The van der Waals surface area contributed by atoms with E-state index in [0.29, 0.717) is 18.7 Å². The number of nitrogens with two attached hydrogens (primary N) is 1. The Balaban J connectivity index is 2.91. The predicted octanol–water partition coefficient (Wildman–Crippen LogP) is 0.944. The minimum Gasteiger partial charge on any atom is -0.330 e. The van der Waals surface area contributed by atoms with Crippen molar-refractivity contribution in [3.8, 4) is 0 Å². The second-order valence-corrected chi connectivity index (χ2v) is 9.94. The first-order valence-electron chi connectivity index (χ1n) is 6.83. The average Bonchev–Trinajstić information content (AvgIpc) is 2.33. The van der Waals surface area contributed by atoms with E-state index in [-0.39, 0.29) is 23.8 Å². The lowest BCUT2D eigenvalue weighted by atomic mass is 9.84. The average molecular weight is 322 g/mol. The van der Waals surface area contributed by atoms with Crippen molar-refractivity contribution in [1.82, 2.24) is 4.90 Å². The molecule has 1 amide bonds. The van der Waals surface area contributed by atoms with Gasteiger partial charge in [0, 0.05) is 30.9 Å². The monoisotopic (exact) mass is 322 g/mol. The van der Waals surface area contributed by atoms with Crippen LogP contribution in [0.1, 0.15) is 27.2 Å². The molecule has 7 heteroatoms. The Morgan fingerprint density at radius 1 is 1.45 bits per heavy atom. The first-order valence-corrected chi connectivity index (χ1v) is 9.94. The van der Waals surface area contributed by atoms with Gasteiger partial charge in [0.25, 0.3) is 0 Å². The Bertz CT molecular complexity index is 443. The fraction of sp³-hybridized carbons (Fsp3) is 0.923. The van der Waals surface area contributed by atoms with Crippen LogP contribution in [-0.2, 0) is 14.6 Å². The lowest BCUT2D eigenvalue weighted by Crippen LogP contribution is -2.53. The molecule has 2 N–H and O–H groups in total. The largest absolute Gasteiger partial charge is 0.330 e. The van der Waals surface area contributed by atoms with Crippen molar-refractivity contribution >= 4 is 27.5 Å². The third-order valence-corrected chi connectivity index (χ3v) is 6.00. The molecule has 0 aromatic rings. The van der Waals surface area contributed by atoms with Crippen molar-refractivity contribution in [2.45, 2.75) is 32.6 Å². The normalized spacial score (nSPS) is 22.6. The van der Waals surface area contributed by atoms with Crippen LogP contribution in [-0.4, -0.2) is 55.4 Å². The highest BCUT2D eigenvalue weighted by atomic mass is 32.2. The fourth-order valence-corrected chi connectivity index (χ4v) is 5.26. The van der Waals surface area contributed by atoms with E-state index in [1.165, 1.54) is 11.2 Å². The molecule has 20 heavy (non-hydrogen) atoms. The second-order valence-electron chi connectivity index (χ2n) is 6.59. The standard InChI is InChI=1S/C13H26N2O3S2/c1-13(2,3)7-10(8-14)12(16)15-5-6-19-9-11(15)20(4,17)18/h10-11H,5-9,14H2,1-4H3. The summed E-state index contributed by atoms with van der Waals surface area (Å²) in [7, 11) is -3.26. The van der Waals surface area contributed by atoms with E-state index in [2.05, 4.69) is 20.8 Å². The maximum atomic E-state index is 12.6. The van der Waals surface area contributed by atoms with E-state index in [0.717, 1.165) is 5.75 Å². The molecule has 0 aromatic carbocycles. The Morgan fingerprint density at radius 2 is 2.05 bits per heavy atom. The van der Waals surface area contributed by atoms with Crippen LogP contribution < -0.4 is 5.73 Å². The third kappa shape index (κ3) is 4.93. The zero-order valence-corrected chi connectivity index (χ0v) is 14.4. The van der Waals surface area contributed by atoms with Gasteiger partial charge in [-0.25, -0.2) is 8.42 Å². The lowest BCUT2D eigenvalue weighted by molar-refractivity contribution is -0.136. The van der Waals surface area contributed by atoms with Crippen LogP contribution in [0.4, 0.5) is 0 Å². The molecule has 118 valence electrons. The van der Waals surface area contributed by atoms with Crippen molar-refractivity contribution in [3.05, 3.63) is 0 Å². The van der Waals surface area contributed by atoms with E-state index >= 15 is 0 Å². The van der Waals surface area contributed by atoms with Crippen molar-refractivity contribution < 1.29 is 13.2 Å². The second kappa shape index (κ2) is 6.66. The molecule has 1 aliphatic rings. The zero-order valence-electron chi connectivity index (χ0n) is 12.8. The van der Waals surface area contributed by atoms with E-state index in [1.807, 2.05) is 0 Å². The molecule has 0 bridgehead atoms. The van der Waals surface area contributed by atoms with Gasteiger partial charge in [0.15, 0.2) is 9.84 Å². The molecule has 0 aromatic heterocycles. The molecule has 0 spiro atoms. The minimum absolute atomic E-state index is 0.00911. The van der Waals surface area contributed by atoms with E-state index in [9.17, 15) is 13.2 Å². The summed E-state index contributed by atoms with van der Waals surface area (Å²) in [6.07, 6.45) is 1.87. The van der Waals surface area contributed by atoms with Crippen LogP contribution in [0.5, 0.6) is 0 Å². The number of amides is 1.